The van der Waals surface area contributed by atoms with Gasteiger partial charge in [-0.15, -0.1) is 23.1 Å². The number of aromatic nitrogens is 1. The number of carbonyl (C=O) groups excluding carboxylic acids is 2. The van der Waals surface area contributed by atoms with Crippen molar-refractivity contribution in [2.75, 3.05) is 11.5 Å². The van der Waals surface area contributed by atoms with Gasteiger partial charge in [-0.1, -0.05) is 5.16 Å². The molecular weight excluding hydrogens is 418 g/mol. The number of carboxylic acid groups (broad SMARTS) is 1. The molecule has 2 atom stereocenters. The van der Waals surface area contributed by atoms with Crippen molar-refractivity contribution in [1.29, 1.82) is 0 Å². The van der Waals surface area contributed by atoms with E-state index < -0.39 is 29.2 Å². The zero-order valence-electron chi connectivity index (χ0n) is 15.2. The molecule has 3 aliphatic rings. The van der Waals surface area contributed by atoms with Crippen LogP contribution in [0.25, 0.3) is 0 Å². The van der Waals surface area contributed by atoms with E-state index in [0.717, 1.165) is 25.7 Å². The summed E-state index contributed by atoms with van der Waals surface area (Å²) < 4.78 is 0. The van der Waals surface area contributed by atoms with Crippen LogP contribution in [0.2, 0.25) is 0 Å². The van der Waals surface area contributed by atoms with Gasteiger partial charge in [0.1, 0.15) is 28.9 Å². The third-order valence-corrected chi connectivity index (χ3v) is 6.78. The van der Waals surface area contributed by atoms with Crippen LogP contribution in [0, 0.1) is 0 Å². The standard InChI is InChI=1S/C17H19N5O5S2/c18-17-19-9(7-29-17)11(21-27-8-3-1-2-4-8)13(23)20-12-14(24)22-10(16(25)26)5-6-28-15(12)22/h5,7-8,12,15H,1-4,6H2,(H2,18,19)(H,20,23)(H,25,26)/b21-11-. The average molecular weight is 438 g/mol. The molecule has 1 saturated heterocycles. The second-order valence-corrected chi connectivity index (χ2v) is 8.84. The minimum absolute atomic E-state index is 0.0493. The predicted octanol–water partition coefficient (Wildman–Crippen LogP) is 0.757. The van der Waals surface area contributed by atoms with Gasteiger partial charge in [0.15, 0.2) is 10.8 Å². The van der Waals surface area contributed by atoms with E-state index >= 15 is 0 Å². The highest BCUT2D eigenvalue weighted by atomic mass is 32.2. The van der Waals surface area contributed by atoms with E-state index in [-0.39, 0.29) is 28.3 Å². The molecule has 29 heavy (non-hydrogen) atoms. The molecule has 0 bridgehead atoms. The first-order valence-corrected chi connectivity index (χ1v) is 11.0. The van der Waals surface area contributed by atoms with Crippen LogP contribution in [0.4, 0.5) is 5.13 Å². The molecule has 3 heterocycles. The van der Waals surface area contributed by atoms with Gasteiger partial charge in [0, 0.05) is 11.1 Å². The van der Waals surface area contributed by atoms with Crippen molar-refractivity contribution in [3.8, 4) is 0 Å². The first-order valence-electron chi connectivity index (χ1n) is 9.10. The number of β-lactam (4-membered cyclic amide) rings is 1. The summed E-state index contributed by atoms with van der Waals surface area (Å²) in [7, 11) is 0. The summed E-state index contributed by atoms with van der Waals surface area (Å²) in [4.78, 5) is 47.5. The van der Waals surface area contributed by atoms with Crippen molar-refractivity contribution in [2.45, 2.75) is 43.2 Å². The van der Waals surface area contributed by atoms with Crippen molar-refractivity contribution in [1.82, 2.24) is 15.2 Å². The lowest BCUT2D eigenvalue weighted by molar-refractivity contribution is -0.150. The fourth-order valence-corrected chi connectivity index (χ4v) is 5.21. The minimum atomic E-state index is -1.17. The van der Waals surface area contributed by atoms with Gasteiger partial charge in [0.25, 0.3) is 11.8 Å². The fraction of sp³-hybridized carbons (Fsp3) is 0.471. The Morgan fingerprint density at radius 1 is 1.38 bits per heavy atom. The van der Waals surface area contributed by atoms with Gasteiger partial charge in [0.05, 0.1) is 0 Å². The maximum absolute atomic E-state index is 12.9. The molecule has 2 unspecified atom stereocenters. The fourth-order valence-electron chi connectivity index (χ4n) is 3.47. The van der Waals surface area contributed by atoms with Crippen LogP contribution in [0.5, 0.6) is 0 Å². The summed E-state index contributed by atoms with van der Waals surface area (Å²) in [5, 5.41) is 17.3. The summed E-state index contributed by atoms with van der Waals surface area (Å²) in [5.74, 6) is -1.81. The van der Waals surface area contributed by atoms with E-state index in [4.69, 9.17) is 10.6 Å². The highest BCUT2D eigenvalue weighted by molar-refractivity contribution is 8.00. The maximum Gasteiger partial charge on any atom is 0.352 e. The quantitative estimate of drug-likeness (QED) is 0.336. The molecule has 0 spiro atoms. The zero-order valence-corrected chi connectivity index (χ0v) is 16.9. The van der Waals surface area contributed by atoms with Crippen molar-refractivity contribution >= 4 is 51.7 Å². The molecule has 1 aliphatic carbocycles. The third-order valence-electron chi connectivity index (χ3n) is 4.93. The SMILES string of the molecule is Nc1nc(/C(=N/OC2CCCC2)C(=O)NC2C(=O)N3C(C(=O)O)=CCSC23)cs1. The first kappa shape index (κ1) is 19.7. The number of anilines is 1. The van der Waals surface area contributed by atoms with Gasteiger partial charge in [-0.25, -0.2) is 9.78 Å². The first-order chi connectivity index (χ1) is 14.0. The molecule has 0 aromatic carbocycles. The summed E-state index contributed by atoms with van der Waals surface area (Å²) >= 11 is 2.55. The lowest BCUT2D eigenvalue weighted by atomic mass is 10.0. The molecule has 10 nitrogen and oxygen atoms in total. The van der Waals surface area contributed by atoms with Crippen LogP contribution in [0.15, 0.2) is 22.3 Å². The number of amides is 2. The Labute approximate surface area is 174 Å². The number of hydrogen-bond acceptors (Lipinski definition) is 9. The number of hydrogen-bond donors (Lipinski definition) is 3. The van der Waals surface area contributed by atoms with Crippen LogP contribution in [-0.4, -0.2) is 61.8 Å². The van der Waals surface area contributed by atoms with E-state index in [2.05, 4.69) is 15.5 Å². The second-order valence-electron chi connectivity index (χ2n) is 6.80. The van der Waals surface area contributed by atoms with Crippen LogP contribution in [0.1, 0.15) is 31.4 Å². The van der Waals surface area contributed by atoms with Crippen LogP contribution in [-0.2, 0) is 19.2 Å². The molecule has 2 fully saturated rings. The Kier molecular flexibility index (Phi) is 5.46. The highest BCUT2D eigenvalue weighted by Crippen LogP contribution is 2.37. The van der Waals surface area contributed by atoms with Crippen LogP contribution < -0.4 is 11.1 Å². The molecule has 4 N–H and O–H groups in total. The van der Waals surface area contributed by atoms with Gasteiger partial charge in [-0.2, -0.15) is 0 Å². The Morgan fingerprint density at radius 3 is 2.79 bits per heavy atom. The Hall–Kier alpha value is -2.60. The number of carboxylic acids is 1. The van der Waals surface area contributed by atoms with Gasteiger partial charge < -0.3 is 21.0 Å². The number of carbonyl (C=O) groups is 3. The van der Waals surface area contributed by atoms with E-state index in [1.54, 1.807) is 5.38 Å². The van der Waals surface area contributed by atoms with Gasteiger partial charge >= 0.3 is 5.97 Å². The minimum Gasteiger partial charge on any atom is -0.477 e. The van der Waals surface area contributed by atoms with Crippen LogP contribution in [0.3, 0.4) is 0 Å². The Morgan fingerprint density at radius 2 is 2.14 bits per heavy atom. The van der Waals surface area contributed by atoms with Crippen LogP contribution >= 0.6 is 23.1 Å². The molecule has 0 radical (unpaired) electrons. The van der Waals surface area contributed by atoms with Crippen molar-refractivity contribution in [3.05, 3.63) is 22.8 Å². The predicted molar refractivity (Wildman–Crippen MR) is 107 cm³/mol. The summed E-state index contributed by atoms with van der Waals surface area (Å²) in [6.07, 6.45) is 5.28. The normalized spacial score (nSPS) is 24.6. The number of nitrogen functional groups attached to an aromatic ring is 1. The molecule has 1 saturated carbocycles. The van der Waals surface area contributed by atoms with Gasteiger partial charge in [-0.3, -0.25) is 14.5 Å². The number of thioether (sulfide) groups is 1. The lowest BCUT2D eigenvalue weighted by Gasteiger charge is -2.48. The molecular formula is C17H19N5O5S2. The second kappa shape index (κ2) is 8.03. The number of aliphatic carboxylic acids is 1. The Bertz CT molecular complexity index is 908. The molecule has 2 amide bonds. The molecule has 1 aromatic heterocycles. The van der Waals surface area contributed by atoms with Gasteiger partial charge in [-0.05, 0) is 31.8 Å². The number of nitrogens with one attached hydrogen (secondary N) is 1. The molecule has 1 aromatic rings. The number of oxime groups is 1. The zero-order chi connectivity index (χ0) is 20.5. The van der Waals surface area contributed by atoms with E-state index in [1.165, 1.54) is 34.1 Å². The summed E-state index contributed by atoms with van der Waals surface area (Å²) in [6, 6.07) is -0.844. The maximum atomic E-state index is 12.9. The van der Waals surface area contributed by atoms with Gasteiger partial charge in [0.2, 0.25) is 0 Å². The number of nitrogens with zero attached hydrogens (tertiary/aromatic N) is 3. The molecule has 2 aliphatic heterocycles. The van der Waals surface area contributed by atoms with E-state index in [0.29, 0.717) is 5.75 Å². The van der Waals surface area contributed by atoms with Crippen molar-refractivity contribution < 1.29 is 24.3 Å². The van der Waals surface area contributed by atoms with Crippen molar-refractivity contribution in [2.24, 2.45) is 5.16 Å². The average Bonchev–Trinajstić information content (AvgIpc) is 3.37. The molecule has 154 valence electrons. The Balaban J connectivity index is 1.50. The number of rotatable bonds is 6. The molecule has 12 heteroatoms. The number of nitrogens with two attached hydrogens (primary N) is 1. The summed E-state index contributed by atoms with van der Waals surface area (Å²) in [5.41, 5.74) is 5.84. The topological polar surface area (TPSA) is 147 Å². The number of fused-ring (bicyclic) bond motifs is 1. The lowest BCUT2D eigenvalue weighted by Crippen LogP contribution is -2.70. The smallest absolute Gasteiger partial charge is 0.352 e. The van der Waals surface area contributed by atoms with Crippen molar-refractivity contribution in [3.63, 3.8) is 0 Å². The largest absolute Gasteiger partial charge is 0.477 e. The number of thiazole rings is 1. The highest BCUT2D eigenvalue weighted by Gasteiger charge is 2.53. The molecule has 4 rings (SSSR count). The third kappa shape index (κ3) is 3.81. The summed E-state index contributed by atoms with van der Waals surface area (Å²) in [6.45, 7) is 0. The monoisotopic (exact) mass is 437 g/mol. The van der Waals surface area contributed by atoms with E-state index in [9.17, 15) is 19.5 Å². The van der Waals surface area contributed by atoms with E-state index in [1.807, 2.05) is 0 Å².